The van der Waals surface area contributed by atoms with Gasteiger partial charge in [0.2, 0.25) is 5.95 Å². The van der Waals surface area contributed by atoms with Crippen LogP contribution >= 0.6 is 11.3 Å². The summed E-state index contributed by atoms with van der Waals surface area (Å²) in [4.78, 5) is 46.0. The molecule has 1 N–H and O–H groups in total. The number of nitriles is 1. The molecule has 1 saturated heterocycles. The van der Waals surface area contributed by atoms with Crippen molar-refractivity contribution in [3.63, 3.8) is 0 Å². The molecule has 0 spiro atoms. The van der Waals surface area contributed by atoms with E-state index in [1.54, 1.807) is 22.1 Å². The zero-order valence-corrected chi connectivity index (χ0v) is 21.4. The van der Waals surface area contributed by atoms with Gasteiger partial charge in [-0.1, -0.05) is 32.0 Å². The maximum Gasteiger partial charge on any atom is 0.328 e. The quantitative estimate of drug-likeness (QED) is 0.488. The number of nitrogens with zero attached hydrogens (tertiary/aromatic N) is 4. The van der Waals surface area contributed by atoms with Crippen molar-refractivity contribution in [3.8, 4) is 6.07 Å². The van der Waals surface area contributed by atoms with Crippen molar-refractivity contribution in [2.75, 3.05) is 25.1 Å². The third-order valence-electron chi connectivity index (χ3n) is 6.42. The highest BCUT2D eigenvalue weighted by molar-refractivity contribution is 7.17. The van der Waals surface area contributed by atoms with Crippen molar-refractivity contribution in [1.29, 1.82) is 5.26 Å². The first-order valence-corrected chi connectivity index (χ1v) is 12.9. The van der Waals surface area contributed by atoms with Gasteiger partial charge in [-0.2, -0.15) is 5.26 Å². The number of fused-ring (bicyclic) bond motifs is 1. The van der Waals surface area contributed by atoms with Crippen LogP contribution in [0.2, 0.25) is 0 Å². The zero-order valence-electron chi connectivity index (χ0n) is 20.6. The Kier molecular flexibility index (Phi) is 7.70. The second-order valence-corrected chi connectivity index (χ2v) is 10.0. The van der Waals surface area contributed by atoms with Gasteiger partial charge in [-0.15, -0.1) is 11.3 Å². The number of carbonyl (C=O) groups is 2. The van der Waals surface area contributed by atoms with Crippen LogP contribution in [-0.2, 0) is 16.1 Å². The van der Waals surface area contributed by atoms with E-state index in [0.717, 1.165) is 49.3 Å². The lowest BCUT2D eigenvalue weighted by molar-refractivity contribution is -0.144. The Morgan fingerprint density at radius 3 is 2.61 bits per heavy atom. The van der Waals surface area contributed by atoms with Crippen LogP contribution in [0.3, 0.4) is 0 Å². The molecular weight excluding hydrogens is 478 g/mol. The summed E-state index contributed by atoms with van der Waals surface area (Å²) in [5.74, 6) is -0.700. The molecule has 3 heterocycles. The van der Waals surface area contributed by atoms with E-state index in [0.29, 0.717) is 21.7 Å². The SMILES string of the molecule is COC(=O)C(NC(=O)c1csc2c(=O)n(Cc3ccccc3C#N)c(N3CCCCC3)nc12)C(C)C. The maximum atomic E-state index is 13.7. The Bertz CT molecular complexity index is 1380. The third kappa shape index (κ3) is 4.97. The summed E-state index contributed by atoms with van der Waals surface area (Å²) >= 11 is 1.15. The predicted molar refractivity (Wildman–Crippen MR) is 138 cm³/mol. The third-order valence-corrected chi connectivity index (χ3v) is 7.37. The largest absolute Gasteiger partial charge is 0.467 e. The lowest BCUT2D eigenvalue weighted by Gasteiger charge is -2.30. The molecule has 1 aliphatic heterocycles. The van der Waals surface area contributed by atoms with Gasteiger partial charge in [-0.3, -0.25) is 14.2 Å². The van der Waals surface area contributed by atoms with Gasteiger partial charge in [0, 0.05) is 18.5 Å². The number of rotatable bonds is 7. The number of hydrogen-bond donors (Lipinski definition) is 1. The van der Waals surface area contributed by atoms with E-state index in [1.165, 1.54) is 7.11 Å². The highest BCUT2D eigenvalue weighted by Gasteiger charge is 2.28. The molecule has 0 bridgehead atoms. The van der Waals surface area contributed by atoms with E-state index in [4.69, 9.17) is 9.72 Å². The Morgan fingerprint density at radius 2 is 1.94 bits per heavy atom. The number of aromatic nitrogens is 2. The molecule has 36 heavy (non-hydrogen) atoms. The monoisotopic (exact) mass is 507 g/mol. The van der Waals surface area contributed by atoms with Gasteiger partial charge in [0.25, 0.3) is 11.5 Å². The average molecular weight is 508 g/mol. The number of carbonyl (C=O) groups excluding carboxylic acids is 2. The number of hydrogen-bond acceptors (Lipinski definition) is 8. The van der Waals surface area contributed by atoms with Gasteiger partial charge in [0.05, 0.1) is 30.9 Å². The van der Waals surface area contributed by atoms with Crippen LogP contribution in [0.5, 0.6) is 0 Å². The molecule has 9 nitrogen and oxygen atoms in total. The first-order chi connectivity index (χ1) is 17.3. The van der Waals surface area contributed by atoms with Crippen LogP contribution in [0.4, 0.5) is 5.95 Å². The van der Waals surface area contributed by atoms with Gasteiger partial charge in [-0.25, -0.2) is 9.78 Å². The molecule has 1 amide bonds. The van der Waals surface area contributed by atoms with Crippen molar-refractivity contribution in [3.05, 3.63) is 56.7 Å². The molecule has 1 aliphatic rings. The highest BCUT2D eigenvalue weighted by Crippen LogP contribution is 2.27. The number of benzene rings is 1. The van der Waals surface area contributed by atoms with Gasteiger partial charge >= 0.3 is 5.97 Å². The Morgan fingerprint density at radius 1 is 1.22 bits per heavy atom. The van der Waals surface area contributed by atoms with Crippen LogP contribution < -0.4 is 15.8 Å². The molecule has 3 aromatic rings. The number of methoxy groups -OCH3 is 1. The molecule has 0 radical (unpaired) electrons. The van der Waals surface area contributed by atoms with Crippen molar-refractivity contribution < 1.29 is 14.3 Å². The molecular formula is C26H29N5O4S. The molecule has 0 aliphatic carbocycles. The van der Waals surface area contributed by atoms with E-state index in [9.17, 15) is 19.6 Å². The number of esters is 1. The Hall–Kier alpha value is -3.71. The first-order valence-electron chi connectivity index (χ1n) is 12.0. The zero-order chi connectivity index (χ0) is 25.8. The van der Waals surface area contributed by atoms with E-state index in [1.807, 2.05) is 26.0 Å². The minimum absolute atomic E-state index is 0.180. The topological polar surface area (TPSA) is 117 Å². The summed E-state index contributed by atoms with van der Waals surface area (Å²) in [6.45, 7) is 5.34. The van der Waals surface area contributed by atoms with Crippen molar-refractivity contribution in [2.45, 2.75) is 45.7 Å². The van der Waals surface area contributed by atoms with E-state index >= 15 is 0 Å². The first kappa shape index (κ1) is 25.4. The second-order valence-electron chi connectivity index (χ2n) is 9.17. The van der Waals surface area contributed by atoms with Gasteiger partial charge in [0.15, 0.2) is 0 Å². The normalized spacial score (nSPS) is 14.5. The molecule has 1 fully saturated rings. The fourth-order valence-corrected chi connectivity index (χ4v) is 5.34. The summed E-state index contributed by atoms with van der Waals surface area (Å²) in [6.07, 6.45) is 3.07. The number of thiophene rings is 1. The summed E-state index contributed by atoms with van der Waals surface area (Å²) in [5.41, 5.74) is 1.55. The smallest absolute Gasteiger partial charge is 0.328 e. The van der Waals surface area contributed by atoms with Gasteiger partial charge in [0.1, 0.15) is 16.3 Å². The fourth-order valence-electron chi connectivity index (χ4n) is 4.41. The van der Waals surface area contributed by atoms with Crippen molar-refractivity contribution in [2.24, 2.45) is 5.92 Å². The van der Waals surface area contributed by atoms with Gasteiger partial charge in [-0.05, 0) is 36.8 Å². The van der Waals surface area contributed by atoms with Gasteiger partial charge < -0.3 is 15.0 Å². The lowest BCUT2D eigenvalue weighted by atomic mass is 10.0. The summed E-state index contributed by atoms with van der Waals surface area (Å²) < 4.78 is 6.80. The summed E-state index contributed by atoms with van der Waals surface area (Å²) in [5, 5.41) is 13.9. The number of anilines is 1. The molecule has 2 aromatic heterocycles. The van der Waals surface area contributed by atoms with E-state index in [2.05, 4.69) is 16.3 Å². The Labute approximate surface area is 213 Å². The number of amides is 1. The standard InChI is InChI=1S/C26H29N5O4S/c1-16(2)20(25(34)35-3)28-23(32)19-15-36-22-21(19)29-26(30-11-7-4-8-12-30)31(24(22)33)14-18-10-6-5-9-17(18)13-27/h5-6,9-10,15-16,20H,4,7-8,11-12,14H2,1-3H3,(H,28,32). The van der Waals surface area contributed by atoms with Crippen LogP contribution in [-0.4, -0.2) is 47.7 Å². The molecule has 4 rings (SSSR count). The number of piperidine rings is 1. The number of ether oxygens (including phenoxy) is 1. The maximum absolute atomic E-state index is 13.7. The molecule has 0 saturated carbocycles. The van der Waals surface area contributed by atoms with Crippen molar-refractivity contribution in [1.82, 2.24) is 14.9 Å². The van der Waals surface area contributed by atoms with Crippen molar-refractivity contribution >= 4 is 39.4 Å². The molecule has 10 heteroatoms. The molecule has 188 valence electrons. The molecule has 1 aromatic carbocycles. The van der Waals surface area contributed by atoms with E-state index < -0.39 is 17.9 Å². The fraction of sp³-hybridized carbons (Fsp3) is 0.423. The van der Waals surface area contributed by atoms with E-state index in [-0.39, 0.29) is 23.6 Å². The highest BCUT2D eigenvalue weighted by atomic mass is 32.1. The lowest BCUT2D eigenvalue weighted by Crippen LogP contribution is -2.45. The molecule has 1 unspecified atom stereocenters. The minimum atomic E-state index is -0.818. The summed E-state index contributed by atoms with van der Waals surface area (Å²) in [6, 6.07) is 8.57. The van der Waals surface area contributed by atoms with Crippen LogP contribution in [0, 0.1) is 17.2 Å². The Balaban J connectivity index is 1.81. The van der Waals surface area contributed by atoms with Crippen LogP contribution in [0.25, 0.3) is 10.2 Å². The molecule has 1 atom stereocenters. The van der Waals surface area contributed by atoms with Crippen LogP contribution in [0.15, 0.2) is 34.4 Å². The van der Waals surface area contributed by atoms with Crippen LogP contribution in [0.1, 0.15) is 54.6 Å². The summed E-state index contributed by atoms with van der Waals surface area (Å²) in [7, 11) is 1.28. The predicted octanol–water partition coefficient (Wildman–Crippen LogP) is 3.30. The minimum Gasteiger partial charge on any atom is -0.467 e. The second kappa shape index (κ2) is 10.9. The average Bonchev–Trinajstić information content (AvgIpc) is 3.33. The number of nitrogens with one attached hydrogen (secondary N) is 1.